The molecule has 5 heteroatoms. The van der Waals surface area contributed by atoms with Gasteiger partial charge in [-0.3, -0.25) is 4.79 Å². The van der Waals surface area contributed by atoms with Gasteiger partial charge in [-0.2, -0.15) is 0 Å². The van der Waals surface area contributed by atoms with Gasteiger partial charge in [0.05, 0.1) is 0 Å². The number of ether oxygens (including phenoxy) is 1. The summed E-state index contributed by atoms with van der Waals surface area (Å²) in [6, 6.07) is 5.54. The SMILES string of the molecule is Cc1ccc(C(N)=S)cc1NC(=O)C1OCCC1C. The van der Waals surface area contributed by atoms with Crippen molar-refractivity contribution in [1.29, 1.82) is 0 Å². The number of carbonyl (C=O) groups is 1. The largest absolute Gasteiger partial charge is 0.389 e. The summed E-state index contributed by atoms with van der Waals surface area (Å²) in [5.41, 5.74) is 8.05. The summed E-state index contributed by atoms with van der Waals surface area (Å²) >= 11 is 4.94. The van der Waals surface area contributed by atoms with Crippen LogP contribution in [0.5, 0.6) is 0 Å². The molecule has 2 rings (SSSR count). The highest BCUT2D eigenvalue weighted by atomic mass is 32.1. The van der Waals surface area contributed by atoms with Crippen LogP contribution in [0.15, 0.2) is 18.2 Å². The minimum Gasteiger partial charge on any atom is -0.389 e. The van der Waals surface area contributed by atoms with Crippen molar-refractivity contribution in [2.75, 3.05) is 11.9 Å². The van der Waals surface area contributed by atoms with Gasteiger partial charge in [-0.15, -0.1) is 0 Å². The molecule has 1 saturated heterocycles. The molecular formula is C14H18N2O2S. The Balaban J connectivity index is 2.16. The third-order valence-corrected chi connectivity index (χ3v) is 3.66. The minimum atomic E-state index is -0.368. The second-order valence-corrected chi connectivity index (χ2v) is 5.38. The van der Waals surface area contributed by atoms with Crippen molar-refractivity contribution in [3.63, 3.8) is 0 Å². The van der Waals surface area contributed by atoms with Crippen molar-refractivity contribution in [3.8, 4) is 0 Å². The van der Waals surface area contributed by atoms with Crippen LogP contribution in [0.4, 0.5) is 5.69 Å². The molecule has 102 valence electrons. The lowest BCUT2D eigenvalue weighted by Crippen LogP contribution is -2.31. The molecule has 0 spiro atoms. The van der Waals surface area contributed by atoms with Gasteiger partial charge in [0.2, 0.25) is 0 Å². The molecule has 2 unspecified atom stereocenters. The van der Waals surface area contributed by atoms with E-state index in [1.807, 2.05) is 26.0 Å². The maximum absolute atomic E-state index is 12.2. The first kappa shape index (κ1) is 14.0. The second kappa shape index (κ2) is 5.67. The standard InChI is InChI=1S/C14H18N2O2S/c1-8-3-4-10(13(15)19)7-11(8)16-14(17)12-9(2)5-6-18-12/h3-4,7,9,12H,5-6H2,1-2H3,(H2,15,19)(H,16,17). The van der Waals surface area contributed by atoms with E-state index in [1.54, 1.807) is 6.07 Å². The number of benzene rings is 1. The van der Waals surface area contributed by atoms with E-state index >= 15 is 0 Å². The summed E-state index contributed by atoms with van der Waals surface area (Å²) in [6.45, 7) is 4.60. The maximum Gasteiger partial charge on any atom is 0.253 e. The lowest BCUT2D eigenvalue weighted by Gasteiger charge is -2.16. The number of hydrogen-bond donors (Lipinski definition) is 2. The number of anilines is 1. The Morgan fingerprint density at radius 3 is 2.84 bits per heavy atom. The first-order valence-electron chi connectivity index (χ1n) is 6.32. The Kier molecular flexibility index (Phi) is 4.17. The Bertz CT molecular complexity index is 516. The summed E-state index contributed by atoms with van der Waals surface area (Å²) in [5.74, 6) is 0.146. The Labute approximate surface area is 118 Å². The molecule has 3 N–H and O–H groups in total. The fourth-order valence-electron chi connectivity index (χ4n) is 2.14. The summed E-state index contributed by atoms with van der Waals surface area (Å²) in [6.07, 6.45) is 0.553. The third-order valence-electron chi connectivity index (χ3n) is 3.43. The topological polar surface area (TPSA) is 64.3 Å². The average molecular weight is 278 g/mol. The number of nitrogens with one attached hydrogen (secondary N) is 1. The predicted molar refractivity (Wildman–Crippen MR) is 79.2 cm³/mol. The molecular weight excluding hydrogens is 260 g/mol. The molecule has 0 bridgehead atoms. The van der Waals surface area contributed by atoms with Crippen molar-refractivity contribution < 1.29 is 9.53 Å². The molecule has 0 aliphatic carbocycles. The highest BCUT2D eigenvalue weighted by molar-refractivity contribution is 7.80. The number of nitrogens with two attached hydrogens (primary N) is 1. The number of hydrogen-bond acceptors (Lipinski definition) is 3. The van der Waals surface area contributed by atoms with E-state index in [9.17, 15) is 4.79 Å². The summed E-state index contributed by atoms with van der Waals surface area (Å²) in [5, 5.41) is 2.90. The number of carbonyl (C=O) groups excluding carboxylic acids is 1. The van der Waals surface area contributed by atoms with Crippen LogP contribution in [0, 0.1) is 12.8 Å². The fourth-order valence-corrected chi connectivity index (χ4v) is 2.27. The van der Waals surface area contributed by atoms with Gasteiger partial charge in [-0.05, 0) is 30.9 Å². The monoisotopic (exact) mass is 278 g/mol. The normalized spacial score (nSPS) is 22.2. The number of thiocarbonyl (C=S) groups is 1. The van der Waals surface area contributed by atoms with Crippen LogP contribution in [0.2, 0.25) is 0 Å². The Morgan fingerprint density at radius 2 is 2.26 bits per heavy atom. The van der Waals surface area contributed by atoms with Crippen molar-refractivity contribution in [2.45, 2.75) is 26.4 Å². The Hall–Kier alpha value is -1.46. The molecule has 0 radical (unpaired) electrons. The van der Waals surface area contributed by atoms with E-state index < -0.39 is 0 Å². The van der Waals surface area contributed by atoms with E-state index in [-0.39, 0.29) is 17.9 Å². The first-order valence-corrected chi connectivity index (χ1v) is 6.73. The number of rotatable bonds is 3. The zero-order valence-electron chi connectivity index (χ0n) is 11.1. The third kappa shape index (κ3) is 3.11. The van der Waals surface area contributed by atoms with Gasteiger partial charge < -0.3 is 15.8 Å². The molecule has 0 saturated carbocycles. The molecule has 2 atom stereocenters. The molecule has 1 aliphatic heterocycles. The van der Waals surface area contributed by atoms with Crippen molar-refractivity contribution in [3.05, 3.63) is 29.3 Å². The Morgan fingerprint density at radius 1 is 1.53 bits per heavy atom. The van der Waals surface area contributed by atoms with E-state index in [0.717, 1.165) is 23.2 Å². The average Bonchev–Trinajstić information content (AvgIpc) is 2.78. The number of aryl methyl sites for hydroxylation is 1. The zero-order valence-corrected chi connectivity index (χ0v) is 11.9. The van der Waals surface area contributed by atoms with Gasteiger partial charge in [-0.1, -0.05) is 31.3 Å². The van der Waals surface area contributed by atoms with Gasteiger partial charge in [0.15, 0.2) is 0 Å². The molecule has 1 aromatic rings. The van der Waals surface area contributed by atoms with Crippen LogP contribution in [0.1, 0.15) is 24.5 Å². The lowest BCUT2D eigenvalue weighted by molar-refractivity contribution is -0.126. The van der Waals surface area contributed by atoms with Crippen LogP contribution in [0.3, 0.4) is 0 Å². The van der Waals surface area contributed by atoms with E-state index in [4.69, 9.17) is 22.7 Å². The van der Waals surface area contributed by atoms with Gasteiger partial charge in [0.1, 0.15) is 11.1 Å². The van der Waals surface area contributed by atoms with E-state index in [2.05, 4.69) is 5.32 Å². The summed E-state index contributed by atoms with van der Waals surface area (Å²) in [7, 11) is 0. The molecule has 1 fully saturated rings. The smallest absolute Gasteiger partial charge is 0.253 e. The van der Waals surface area contributed by atoms with Crippen LogP contribution < -0.4 is 11.1 Å². The van der Waals surface area contributed by atoms with Crippen molar-refractivity contribution in [2.24, 2.45) is 11.7 Å². The minimum absolute atomic E-state index is 0.104. The highest BCUT2D eigenvalue weighted by Gasteiger charge is 2.31. The van der Waals surface area contributed by atoms with Crippen LogP contribution in [-0.2, 0) is 9.53 Å². The van der Waals surface area contributed by atoms with E-state index in [0.29, 0.717) is 11.6 Å². The maximum atomic E-state index is 12.2. The molecule has 4 nitrogen and oxygen atoms in total. The fraction of sp³-hybridized carbons (Fsp3) is 0.429. The lowest BCUT2D eigenvalue weighted by atomic mass is 10.0. The van der Waals surface area contributed by atoms with Gasteiger partial charge in [-0.25, -0.2) is 0 Å². The molecule has 0 aromatic heterocycles. The molecule has 1 aromatic carbocycles. The van der Waals surface area contributed by atoms with Gasteiger partial charge in [0, 0.05) is 17.9 Å². The molecule has 19 heavy (non-hydrogen) atoms. The van der Waals surface area contributed by atoms with Crippen LogP contribution in [0.25, 0.3) is 0 Å². The molecule has 1 aliphatic rings. The highest BCUT2D eigenvalue weighted by Crippen LogP contribution is 2.23. The number of amides is 1. The van der Waals surface area contributed by atoms with Crippen molar-refractivity contribution in [1.82, 2.24) is 0 Å². The van der Waals surface area contributed by atoms with Crippen LogP contribution >= 0.6 is 12.2 Å². The van der Waals surface area contributed by atoms with Crippen LogP contribution in [-0.4, -0.2) is 23.6 Å². The molecule has 1 amide bonds. The second-order valence-electron chi connectivity index (χ2n) is 4.94. The summed E-state index contributed by atoms with van der Waals surface area (Å²) < 4.78 is 5.45. The van der Waals surface area contributed by atoms with Gasteiger partial charge in [0.25, 0.3) is 5.91 Å². The summed E-state index contributed by atoms with van der Waals surface area (Å²) in [4.78, 5) is 12.5. The van der Waals surface area contributed by atoms with Gasteiger partial charge >= 0.3 is 0 Å². The van der Waals surface area contributed by atoms with Crippen molar-refractivity contribution >= 4 is 28.8 Å². The zero-order chi connectivity index (χ0) is 14.0. The quantitative estimate of drug-likeness (QED) is 0.830. The predicted octanol–water partition coefficient (Wildman–Crippen LogP) is 1.99. The molecule has 1 heterocycles. The van der Waals surface area contributed by atoms with E-state index in [1.165, 1.54) is 0 Å². The first-order chi connectivity index (χ1) is 8.99.